The third-order valence-electron chi connectivity index (χ3n) is 4.18. The van der Waals surface area contributed by atoms with Gasteiger partial charge in [-0.1, -0.05) is 12.8 Å². The SMILES string of the molecule is Cl.O=C(NCc1ccn(C2CCCC2)n1)C1CCCN1. The quantitative estimate of drug-likeness (QED) is 0.891. The van der Waals surface area contributed by atoms with Gasteiger partial charge in [-0.15, -0.1) is 12.4 Å². The van der Waals surface area contributed by atoms with E-state index in [1.165, 1.54) is 25.7 Å². The number of halogens is 1. The van der Waals surface area contributed by atoms with Crippen molar-refractivity contribution in [2.45, 2.75) is 57.2 Å². The Balaban J connectivity index is 0.00000147. The smallest absolute Gasteiger partial charge is 0.237 e. The highest BCUT2D eigenvalue weighted by molar-refractivity contribution is 5.85. The average molecular weight is 299 g/mol. The molecule has 2 heterocycles. The molecule has 112 valence electrons. The van der Waals surface area contributed by atoms with Crippen LogP contribution in [-0.4, -0.2) is 28.3 Å². The Morgan fingerprint density at radius 2 is 2.15 bits per heavy atom. The molecule has 0 bridgehead atoms. The van der Waals surface area contributed by atoms with E-state index in [9.17, 15) is 4.79 Å². The lowest BCUT2D eigenvalue weighted by molar-refractivity contribution is -0.122. The van der Waals surface area contributed by atoms with Crippen molar-refractivity contribution in [2.24, 2.45) is 0 Å². The average Bonchev–Trinajstić information content (AvgIpc) is 3.14. The molecule has 2 aliphatic rings. The minimum Gasteiger partial charge on any atom is -0.349 e. The van der Waals surface area contributed by atoms with Gasteiger partial charge in [0.15, 0.2) is 0 Å². The second-order valence-corrected chi connectivity index (χ2v) is 5.59. The maximum absolute atomic E-state index is 11.9. The minimum atomic E-state index is -0.00285. The first-order valence-corrected chi connectivity index (χ1v) is 7.38. The van der Waals surface area contributed by atoms with Crippen molar-refractivity contribution >= 4 is 18.3 Å². The summed E-state index contributed by atoms with van der Waals surface area (Å²) in [5, 5.41) is 10.7. The first kappa shape index (κ1) is 15.3. The van der Waals surface area contributed by atoms with Crippen LogP contribution in [0.3, 0.4) is 0 Å². The molecule has 20 heavy (non-hydrogen) atoms. The van der Waals surface area contributed by atoms with Gasteiger partial charge in [0, 0.05) is 6.20 Å². The zero-order valence-corrected chi connectivity index (χ0v) is 12.5. The van der Waals surface area contributed by atoms with Crippen LogP contribution in [0.1, 0.15) is 50.3 Å². The summed E-state index contributed by atoms with van der Waals surface area (Å²) in [4.78, 5) is 11.9. The van der Waals surface area contributed by atoms with Crippen molar-refractivity contribution < 1.29 is 4.79 Å². The van der Waals surface area contributed by atoms with Crippen molar-refractivity contribution in [1.82, 2.24) is 20.4 Å². The lowest BCUT2D eigenvalue weighted by atomic mass is 10.2. The number of hydrogen-bond donors (Lipinski definition) is 2. The molecule has 1 saturated carbocycles. The van der Waals surface area contributed by atoms with E-state index >= 15 is 0 Å². The number of nitrogens with one attached hydrogen (secondary N) is 2. The number of amides is 1. The molecule has 0 aromatic carbocycles. The van der Waals surface area contributed by atoms with Gasteiger partial charge in [0.2, 0.25) is 5.91 Å². The van der Waals surface area contributed by atoms with Crippen molar-refractivity contribution in [1.29, 1.82) is 0 Å². The highest BCUT2D eigenvalue weighted by atomic mass is 35.5. The number of nitrogens with zero attached hydrogens (tertiary/aromatic N) is 2. The third kappa shape index (κ3) is 3.52. The fourth-order valence-electron chi connectivity index (χ4n) is 3.05. The summed E-state index contributed by atoms with van der Waals surface area (Å²) in [6.07, 6.45) is 9.18. The summed E-state index contributed by atoms with van der Waals surface area (Å²) in [6, 6.07) is 2.58. The normalized spacial score (nSPS) is 22.7. The summed E-state index contributed by atoms with van der Waals surface area (Å²) in [6.45, 7) is 1.49. The van der Waals surface area contributed by atoms with E-state index in [0.717, 1.165) is 25.1 Å². The fourth-order valence-corrected chi connectivity index (χ4v) is 3.05. The predicted molar refractivity (Wildman–Crippen MR) is 79.9 cm³/mol. The fraction of sp³-hybridized carbons (Fsp3) is 0.714. The maximum atomic E-state index is 11.9. The molecule has 1 atom stereocenters. The van der Waals surface area contributed by atoms with Crippen LogP contribution in [0.4, 0.5) is 0 Å². The summed E-state index contributed by atoms with van der Waals surface area (Å²) >= 11 is 0. The lowest BCUT2D eigenvalue weighted by Crippen LogP contribution is -2.40. The van der Waals surface area contributed by atoms with Crippen LogP contribution < -0.4 is 10.6 Å². The molecule has 0 spiro atoms. The Labute approximate surface area is 125 Å². The molecule has 2 fully saturated rings. The van der Waals surface area contributed by atoms with Crippen molar-refractivity contribution in [3.63, 3.8) is 0 Å². The first-order valence-electron chi connectivity index (χ1n) is 7.38. The molecule has 0 radical (unpaired) electrons. The zero-order chi connectivity index (χ0) is 13.1. The maximum Gasteiger partial charge on any atom is 0.237 e. The summed E-state index contributed by atoms with van der Waals surface area (Å²) in [5.41, 5.74) is 0.957. The molecule has 1 aliphatic carbocycles. The summed E-state index contributed by atoms with van der Waals surface area (Å²) in [5.74, 6) is 0.105. The van der Waals surface area contributed by atoms with Crippen LogP contribution >= 0.6 is 12.4 Å². The molecular weight excluding hydrogens is 276 g/mol. The standard InChI is InChI=1S/C14H22N4O.ClH/c19-14(13-6-3-8-15-13)16-10-11-7-9-18(17-11)12-4-1-2-5-12;/h7,9,12-13,15H,1-6,8,10H2,(H,16,19);1H. The molecule has 1 aromatic rings. The van der Waals surface area contributed by atoms with E-state index < -0.39 is 0 Å². The highest BCUT2D eigenvalue weighted by Crippen LogP contribution is 2.28. The zero-order valence-electron chi connectivity index (χ0n) is 11.7. The Kier molecular flexibility index (Phi) is 5.43. The van der Waals surface area contributed by atoms with E-state index in [0.29, 0.717) is 12.6 Å². The Hall–Kier alpha value is -1.07. The molecule has 1 unspecified atom stereocenters. The van der Waals surface area contributed by atoms with Gasteiger partial charge in [0.1, 0.15) is 0 Å². The van der Waals surface area contributed by atoms with Crippen LogP contribution in [0.15, 0.2) is 12.3 Å². The summed E-state index contributed by atoms with van der Waals surface area (Å²) in [7, 11) is 0. The third-order valence-corrected chi connectivity index (χ3v) is 4.18. The summed E-state index contributed by atoms with van der Waals surface area (Å²) < 4.78 is 2.07. The van der Waals surface area contributed by atoms with E-state index in [-0.39, 0.29) is 24.4 Å². The van der Waals surface area contributed by atoms with Gasteiger partial charge in [-0.25, -0.2) is 0 Å². The topological polar surface area (TPSA) is 59.0 Å². The van der Waals surface area contributed by atoms with Gasteiger partial charge in [0.05, 0.1) is 24.3 Å². The molecule has 5 nitrogen and oxygen atoms in total. The predicted octanol–water partition coefficient (Wildman–Crippen LogP) is 1.79. The van der Waals surface area contributed by atoms with Gasteiger partial charge < -0.3 is 10.6 Å². The Morgan fingerprint density at radius 1 is 1.35 bits per heavy atom. The van der Waals surface area contributed by atoms with Gasteiger partial charge in [-0.05, 0) is 38.3 Å². The van der Waals surface area contributed by atoms with Gasteiger partial charge in [-0.2, -0.15) is 5.10 Å². The van der Waals surface area contributed by atoms with E-state index in [1.807, 2.05) is 12.3 Å². The van der Waals surface area contributed by atoms with E-state index in [2.05, 4.69) is 20.4 Å². The monoisotopic (exact) mass is 298 g/mol. The van der Waals surface area contributed by atoms with Crippen LogP contribution in [-0.2, 0) is 11.3 Å². The van der Waals surface area contributed by atoms with E-state index in [1.54, 1.807) is 0 Å². The largest absolute Gasteiger partial charge is 0.349 e. The number of hydrogen-bond acceptors (Lipinski definition) is 3. The lowest BCUT2D eigenvalue weighted by Gasteiger charge is -2.10. The van der Waals surface area contributed by atoms with Crippen LogP contribution in [0, 0.1) is 0 Å². The number of rotatable bonds is 4. The molecule has 1 amide bonds. The Bertz CT molecular complexity index is 436. The number of carbonyl (C=O) groups excluding carboxylic acids is 1. The van der Waals surface area contributed by atoms with Crippen molar-refractivity contribution in [3.05, 3.63) is 18.0 Å². The molecular formula is C14H23ClN4O. The number of aromatic nitrogens is 2. The molecule has 1 saturated heterocycles. The molecule has 1 aromatic heterocycles. The molecule has 6 heteroatoms. The minimum absolute atomic E-state index is 0. The molecule has 2 N–H and O–H groups in total. The van der Waals surface area contributed by atoms with Crippen LogP contribution in [0.25, 0.3) is 0 Å². The number of carbonyl (C=O) groups is 1. The first-order chi connectivity index (χ1) is 9.33. The molecule has 3 rings (SSSR count). The van der Waals surface area contributed by atoms with Crippen molar-refractivity contribution in [2.75, 3.05) is 6.54 Å². The van der Waals surface area contributed by atoms with E-state index in [4.69, 9.17) is 0 Å². The van der Waals surface area contributed by atoms with Gasteiger partial charge in [0.25, 0.3) is 0 Å². The molecule has 1 aliphatic heterocycles. The van der Waals surface area contributed by atoms with Gasteiger partial charge in [-0.3, -0.25) is 9.48 Å². The Morgan fingerprint density at radius 3 is 2.85 bits per heavy atom. The van der Waals surface area contributed by atoms with Gasteiger partial charge >= 0.3 is 0 Å². The van der Waals surface area contributed by atoms with Crippen LogP contribution in [0.5, 0.6) is 0 Å². The van der Waals surface area contributed by atoms with Crippen molar-refractivity contribution in [3.8, 4) is 0 Å². The van der Waals surface area contributed by atoms with Crippen LogP contribution in [0.2, 0.25) is 0 Å². The second-order valence-electron chi connectivity index (χ2n) is 5.59. The second kappa shape index (κ2) is 7.09. The highest BCUT2D eigenvalue weighted by Gasteiger charge is 2.22.